The molecule has 3 aromatic carbocycles. The van der Waals surface area contributed by atoms with Crippen LogP contribution in [0.3, 0.4) is 0 Å². The number of rotatable bonds is 4. The van der Waals surface area contributed by atoms with Crippen LogP contribution in [0.25, 0.3) is 10.9 Å². The molecule has 2 aliphatic rings. The third-order valence-corrected chi connectivity index (χ3v) is 6.93. The van der Waals surface area contributed by atoms with Crippen molar-refractivity contribution in [1.82, 2.24) is 4.98 Å². The maximum Gasteiger partial charge on any atom is 0.129 e. The van der Waals surface area contributed by atoms with Gasteiger partial charge in [0.15, 0.2) is 0 Å². The van der Waals surface area contributed by atoms with Crippen molar-refractivity contribution >= 4 is 28.0 Å². The second-order valence-corrected chi connectivity index (χ2v) is 9.09. The van der Waals surface area contributed by atoms with Gasteiger partial charge in [-0.25, -0.2) is 0 Å². The lowest BCUT2D eigenvalue weighted by molar-refractivity contribution is 0.483. The average molecular weight is 436 g/mol. The molecule has 1 aromatic heterocycles. The van der Waals surface area contributed by atoms with Crippen LogP contribution >= 0.6 is 0 Å². The molecule has 0 amide bonds. The minimum Gasteiger partial charge on any atom is -0.457 e. The average Bonchev–Trinajstić information content (AvgIpc) is 3.32. The number of pyridine rings is 1. The normalized spacial score (nSPS) is 15.7. The van der Waals surface area contributed by atoms with Crippen LogP contribution in [0.15, 0.2) is 72.8 Å². The van der Waals surface area contributed by atoms with Crippen LogP contribution in [0, 0.1) is 6.92 Å². The van der Waals surface area contributed by atoms with E-state index < -0.39 is 0 Å². The molecule has 0 bridgehead atoms. The molecule has 4 aromatic rings. The van der Waals surface area contributed by atoms with Crippen molar-refractivity contribution in [2.24, 2.45) is 0 Å². The number of piperidine rings is 1. The van der Waals surface area contributed by atoms with Crippen LogP contribution in [-0.4, -0.2) is 24.6 Å². The first-order valence-electron chi connectivity index (χ1n) is 12.0. The fourth-order valence-electron chi connectivity index (χ4n) is 5.28. The molecule has 4 heteroatoms. The predicted molar refractivity (Wildman–Crippen MR) is 136 cm³/mol. The quantitative estimate of drug-likeness (QED) is 0.344. The van der Waals surface area contributed by atoms with Gasteiger partial charge in [0.2, 0.25) is 0 Å². The second kappa shape index (κ2) is 8.43. The largest absolute Gasteiger partial charge is 0.457 e. The highest BCUT2D eigenvalue weighted by Gasteiger charge is 2.26. The summed E-state index contributed by atoms with van der Waals surface area (Å²) in [5, 5.41) is 1.26. The summed E-state index contributed by atoms with van der Waals surface area (Å²) in [5.41, 5.74) is 7.39. The van der Waals surface area contributed by atoms with E-state index in [1.165, 1.54) is 41.6 Å². The van der Waals surface area contributed by atoms with E-state index in [1.807, 2.05) is 36.4 Å². The van der Waals surface area contributed by atoms with Gasteiger partial charge >= 0.3 is 0 Å². The number of para-hydroxylation sites is 1. The van der Waals surface area contributed by atoms with Crippen molar-refractivity contribution in [3.05, 3.63) is 84.1 Å². The smallest absolute Gasteiger partial charge is 0.129 e. The van der Waals surface area contributed by atoms with Crippen LogP contribution in [0.5, 0.6) is 11.5 Å². The van der Waals surface area contributed by atoms with Gasteiger partial charge in [-0.1, -0.05) is 24.3 Å². The van der Waals surface area contributed by atoms with Crippen molar-refractivity contribution in [2.45, 2.75) is 32.6 Å². The number of hydrogen-bond donors (Lipinski definition) is 0. The van der Waals surface area contributed by atoms with Crippen LogP contribution < -0.4 is 14.5 Å². The molecule has 1 saturated heterocycles. The van der Waals surface area contributed by atoms with Gasteiger partial charge in [-0.05, 0) is 80.6 Å². The lowest BCUT2D eigenvalue weighted by atomic mass is 10.0. The molecule has 0 spiro atoms. The Labute approximate surface area is 195 Å². The minimum absolute atomic E-state index is 0.855. The molecule has 6 rings (SSSR count). The summed E-state index contributed by atoms with van der Waals surface area (Å²) in [6.45, 7) is 5.40. The molecule has 4 nitrogen and oxygen atoms in total. The number of hydrogen-bond acceptors (Lipinski definition) is 4. The molecule has 0 radical (unpaired) electrons. The van der Waals surface area contributed by atoms with Crippen molar-refractivity contribution in [3.8, 4) is 11.5 Å². The molecular weight excluding hydrogens is 406 g/mol. The van der Waals surface area contributed by atoms with E-state index in [9.17, 15) is 0 Å². The molecule has 166 valence electrons. The fourth-order valence-corrected chi connectivity index (χ4v) is 5.28. The zero-order valence-electron chi connectivity index (χ0n) is 19.1. The number of anilines is 3. The Kier molecular flexibility index (Phi) is 5.14. The van der Waals surface area contributed by atoms with Crippen molar-refractivity contribution in [1.29, 1.82) is 0 Å². The Morgan fingerprint density at radius 2 is 1.58 bits per heavy atom. The summed E-state index contributed by atoms with van der Waals surface area (Å²) in [5.74, 6) is 1.71. The second-order valence-electron chi connectivity index (χ2n) is 9.09. The zero-order valence-corrected chi connectivity index (χ0v) is 19.1. The summed E-state index contributed by atoms with van der Waals surface area (Å²) in [4.78, 5) is 9.94. The van der Waals surface area contributed by atoms with E-state index in [1.54, 1.807) is 0 Å². The SMILES string of the molecule is Cc1nc2ccc(N3CCCCC3)cc2c2c1CCN2c1cccc(Oc2ccccc2)c1. The summed E-state index contributed by atoms with van der Waals surface area (Å²) in [7, 11) is 0. The highest BCUT2D eigenvalue weighted by molar-refractivity contribution is 5.99. The third-order valence-electron chi connectivity index (χ3n) is 6.93. The van der Waals surface area contributed by atoms with Crippen molar-refractivity contribution in [2.75, 3.05) is 29.4 Å². The number of aromatic nitrogens is 1. The first-order chi connectivity index (χ1) is 16.3. The van der Waals surface area contributed by atoms with Gasteiger partial charge < -0.3 is 14.5 Å². The Bertz CT molecular complexity index is 1300. The van der Waals surface area contributed by atoms with Crippen LogP contribution in [0.2, 0.25) is 0 Å². The zero-order chi connectivity index (χ0) is 22.2. The van der Waals surface area contributed by atoms with Crippen molar-refractivity contribution in [3.63, 3.8) is 0 Å². The molecule has 0 aliphatic carbocycles. The molecule has 0 saturated carbocycles. The predicted octanol–water partition coefficient (Wildman–Crippen LogP) is 7.02. The van der Waals surface area contributed by atoms with Crippen LogP contribution in [-0.2, 0) is 6.42 Å². The first-order valence-corrected chi connectivity index (χ1v) is 12.0. The Balaban J connectivity index is 1.41. The van der Waals surface area contributed by atoms with Crippen molar-refractivity contribution < 1.29 is 4.74 Å². The molecule has 33 heavy (non-hydrogen) atoms. The molecule has 1 fully saturated rings. The van der Waals surface area contributed by atoms with Gasteiger partial charge in [-0.3, -0.25) is 4.98 Å². The minimum atomic E-state index is 0.855. The van der Waals surface area contributed by atoms with E-state index in [0.29, 0.717) is 0 Å². The molecular formula is C29H29N3O. The van der Waals surface area contributed by atoms with Crippen LogP contribution in [0.4, 0.5) is 17.1 Å². The Morgan fingerprint density at radius 1 is 0.758 bits per heavy atom. The summed E-state index contributed by atoms with van der Waals surface area (Å²) in [6.07, 6.45) is 4.92. The van der Waals surface area contributed by atoms with E-state index in [4.69, 9.17) is 9.72 Å². The molecule has 2 aliphatic heterocycles. The molecule has 0 unspecified atom stereocenters. The molecule has 3 heterocycles. The number of nitrogens with zero attached hydrogens (tertiary/aromatic N) is 3. The summed E-state index contributed by atoms with van der Waals surface area (Å²) >= 11 is 0. The van der Waals surface area contributed by atoms with E-state index in [2.05, 4.69) is 53.1 Å². The van der Waals surface area contributed by atoms with Gasteiger partial charge in [0.1, 0.15) is 11.5 Å². The number of aryl methyl sites for hydroxylation is 1. The van der Waals surface area contributed by atoms with Gasteiger partial charge in [0.05, 0.1) is 11.2 Å². The van der Waals surface area contributed by atoms with Crippen LogP contribution in [0.1, 0.15) is 30.5 Å². The van der Waals surface area contributed by atoms with Gasteiger partial charge in [0, 0.05) is 48.2 Å². The monoisotopic (exact) mass is 435 g/mol. The number of fused-ring (bicyclic) bond motifs is 3. The topological polar surface area (TPSA) is 28.6 Å². The number of benzene rings is 3. The lowest BCUT2D eigenvalue weighted by Gasteiger charge is -2.29. The van der Waals surface area contributed by atoms with Gasteiger partial charge in [-0.2, -0.15) is 0 Å². The lowest BCUT2D eigenvalue weighted by Crippen LogP contribution is -2.29. The Morgan fingerprint density at radius 3 is 2.42 bits per heavy atom. The highest BCUT2D eigenvalue weighted by Crippen LogP contribution is 2.43. The summed E-state index contributed by atoms with van der Waals surface area (Å²) in [6, 6.07) is 25.2. The first kappa shape index (κ1) is 20.1. The Hall–Kier alpha value is -3.53. The summed E-state index contributed by atoms with van der Waals surface area (Å²) < 4.78 is 6.13. The van der Waals surface area contributed by atoms with Gasteiger partial charge in [-0.15, -0.1) is 0 Å². The van der Waals surface area contributed by atoms with E-state index in [-0.39, 0.29) is 0 Å². The molecule has 0 N–H and O–H groups in total. The number of ether oxygens (including phenoxy) is 1. The maximum absolute atomic E-state index is 6.13. The third kappa shape index (κ3) is 3.80. The molecule has 0 atom stereocenters. The van der Waals surface area contributed by atoms with Gasteiger partial charge in [0.25, 0.3) is 0 Å². The highest BCUT2D eigenvalue weighted by atomic mass is 16.5. The van der Waals surface area contributed by atoms with E-state index in [0.717, 1.165) is 54.5 Å². The van der Waals surface area contributed by atoms with E-state index >= 15 is 0 Å². The standard InChI is InChI=1S/C29H29N3O/c1-21-26-15-18-32(23-9-8-12-25(19-23)33-24-10-4-2-5-11-24)29(26)27-20-22(13-14-28(27)30-21)31-16-6-3-7-17-31/h2,4-5,8-14,19-20H,3,6-7,15-18H2,1H3. The fraction of sp³-hybridized carbons (Fsp3) is 0.276. The maximum atomic E-state index is 6.13.